The van der Waals surface area contributed by atoms with E-state index in [9.17, 15) is 9.59 Å². The second-order valence-corrected chi connectivity index (χ2v) is 4.46. The first-order chi connectivity index (χ1) is 8.16. The van der Waals surface area contributed by atoms with E-state index < -0.39 is 0 Å². The highest BCUT2D eigenvalue weighted by Crippen LogP contribution is 2.01. The fourth-order valence-corrected chi connectivity index (χ4v) is 1.60. The summed E-state index contributed by atoms with van der Waals surface area (Å²) in [5, 5.41) is 2.89. The fourth-order valence-electron chi connectivity index (χ4n) is 1.60. The third-order valence-corrected chi connectivity index (χ3v) is 2.64. The van der Waals surface area contributed by atoms with Crippen LogP contribution in [-0.2, 0) is 9.59 Å². The molecule has 4 heteroatoms. The third kappa shape index (κ3) is 13.0. The summed E-state index contributed by atoms with van der Waals surface area (Å²) in [5.41, 5.74) is 5.39. The Morgan fingerprint density at radius 1 is 0.941 bits per heavy atom. The van der Waals surface area contributed by atoms with Gasteiger partial charge in [-0.15, -0.1) is 0 Å². The van der Waals surface area contributed by atoms with Crippen LogP contribution in [0.1, 0.15) is 58.3 Å². The fraction of sp³-hybridized carbons (Fsp3) is 0.846. The van der Waals surface area contributed by atoms with Gasteiger partial charge in [-0.2, -0.15) is 0 Å². The van der Waals surface area contributed by atoms with Crippen molar-refractivity contribution in [2.75, 3.05) is 13.1 Å². The summed E-state index contributed by atoms with van der Waals surface area (Å²) >= 11 is 0. The molecule has 0 rings (SSSR count). The number of rotatable bonds is 11. The van der Waals surface area contributed by atoms with Crippen LogP contribution in [0.5, 0.6) is 0 Å². The van der Waals surface area contributed by atoms with E-state index in [4.69, 9.17) is 5.73 Å². The molecule has 0 aliphatic rings. The van der Waals surface area contributed by atoms with Gasteiger partial charge in [0.2, 0.25) is 5.91 Å². The smallest absolute Gasteiger partial charge is 0.219 e. The topological polar surface area (TPSA) is 72.2 Å². The van der Waals surface area contributed by atoms with Crippen LogP contribution in [0.3, 0.4) is 0 Å². The molecule has 0 aromatic heterocycles. The minimum Gasteiger partial charge on any atom is -0.356 e. The quantitative estimate of drug-likeness (QED) is 0.542. The van der Waals surface area contributed by atoms with E-state index >= 15 is 0 Å². The van der Waals surface area contributed by atoms with Gasteiger partial charge in [-0.3, -0.25) is 4.79 Å². The molecule has 3 N–H and O–H groups in total. The number of carbonyl (C=O) groups is 2. The molecule has 0 aliphatic carbocycles. The lowest BCUT2D eigenvalue weighted by atomic mass is 10.1. The van der Waals surface area contributed by atoms with Gasteiger partial charge in [-0.1, -0.05) is 12.8 Å². The molecule has 0 saturated heterocycles. The zero-order valence-electron chi connectivity index (χ0n) is 11.0. The second-order valence-electron chi connectivity index (χ2n) is 4.46. The van der Waals surface area contributed by atoms with Crippen molar-refractivity contribution in [3.63, 3.8) is 0 Å². The maximum Gasteiger partial charge on any atom is 0.219 e. The Balaban J connectivity index is 3.20. The Bertz CT molecular complexity index is 217. The minimum absolute atomic E-state index is 0.104. The highest BCUT2D eigenvalue weighted by atomic mass is 16.1. The Labute approximate surface area is 104 Å². The van der Waals surface area contributed by atoms with Crippen LogP contribution in [0.25, 0.3) is 0 Å². The molecule has 0 bridgehead atoms. The van der Waals surface area contributed by atoms with Gasteiger partial charge < -0.3 is 15.8 Å². The molecule has 0 aromatic carbocycles. The summed E-state index contributed by atoms with van der Waals surface area (Å²) in [7, 11) is 0. The van der Waals surface area contributed by atoms with Crippen molar-refractivity contribution < 1.29 is 9.59 Å². The normalized spacial score (nSPS) is 10.2. The molecular formula is C13H26N2O2. The zero-order valence-corrected chi connectivity index (χ0v) is 11.0. The van der Waals surface area contributed by atoms with E-state index in [-0.39, 0.29) is 11.7 Å². The van der Waals surface area contributed by atoms with Crippen molar-refractivity contribution >= 4 is 11.7 Å². The zero-order chi connectivity index (χ0) is 12.9. The van der Waals surface area contributed by atoms with Gasteiger partial charge in [0.1, 0.15) is 5.78 Å². The monoisotopic (exact) mass is 242 g/mol. The van der Waals surface area contributed by atoms with Gasteiger partial charge in [0.15, 0.2) is 0 Å². The maximum absolute atomic E-state index is 11.4. The molecule has 0 aromatic rings. The van der Waals surface area contributed by atoms with E-state index in [2.05, 4.69) is 5.32 Å². The van der Waals surface area contributed by atoms with Crippen molar-refractivity contribution in [1.82, 2.24) is 5.32 Å². The van der Waals surface area contributed by atoms with Crippen molar-refractivity contribution in [2.45, 2.75) is 58.3 Å². The van der Waals surface area contributed by atoms with Crippen LogP contribution in [0.2, 0.25) is 0 Å². The van der Waals surface area contributed by atoms with Crippen LogP contribution < -0.4 is 11.1 Å². The lowest BCUT2D eigenvalue weighted by Crippen LogP contribution is -2.24. The van der Waals surface area contributed by atoms with Crippen LogP contribution >= 0.6 is 0 Å². The van der Waals surface area contributed by atoms with Gasteiger partial charge in [0.05, 0.1) is 0 Å². The number of carbonyl (C=O) groups excluding carboxylic acids is 2. The molecule has 100 valence electrons. The van der Waals surface area contributed by atoms with E-state index in [1.54, 1.807) is 6.92 Å². The highest BCUT2D eigenvalue weighted by Gasteiger charge is 2.01. The first-order valence-electron chi connectivity index (χ1n) is 6.63. The molecule has 0 heterocycles. The molecule has 0 spiro atoms. The SMILES string of the molecule is CC(=O)CCCCC(=O)NCCCCCCN. The number of nitrogens with one attached hydrogen (secondary N) is 1. The van der Waals surface area contributed by atoms with Crippen LogP contribution in [-0.4, -0.2) is 24.8 Å². The average molecular weight is 242 g/mol. The Morgan fingerprint density at radius 3 is 2.24 bits per heavy atom. The number of ketones is 1. The summed E-state index contributed by atoms with van der Waals surface area (Å²) in [4.78, 5) is 22.0. The van der Waals surface area contributed by atoms with Crippen molar-refractivity contribution in [3.05, 3.63) is 0 Å². The van der Waals surface area contributed by atoms with Gasteiger partial charge >= 0.3 is 0 Å². The first-order valence-corrected chi connectivity index (χ1v) is 6.63. The molecule has 1 amide bonds. The molecule has 17 heavy (non-hydrogen) atoms. The average Bonchev–Trinajstić information content (AvgIpc) is 2.29. The summed E-state index contributed by atoms with van der Waals surface area (Å²) in [6.07, 6.45) is 7.12. The van der Waals surface area contributed by atoms with E-state index in [0.29, 0.717) is 12.8 Å². The Hall–Kier alpha value is -0.900. The number of hydrogen-bond donors (Lipinski definition) is 2. The van der Waals surface area contributed by atoms with Crippen molar-refractivity contribution in [3.8, 4) is 0 Å². The van der Waals surface area contributed by atoms with Crippen LogP contribution in [0.15, 0.2) is 0 Å². The number of hydrogen-bond acceptors (Lipinski definition) is 3. The summed E-state index contributed by atoms with van der Waals surface area (Å²) in [5.74, 6) is 0.303. The van der Waals surface area contributed by atoms with E-state index in [0.717, 1.165) is 51.6 Å². The standard InChI is InChI=1S/C13H26N2O2/c1-12(16)8-4-5-9-13(17)15-11-7-3-2-6-10-14/h2-11,14H2,1H3,(H,15,17). The molecule has 0 radical (unpaired) electrons. The summed E-state index contributed by atoms with van der Waals surface area (Å²) < 4.78 is 0. The summed E-state index contributed by atoms with van der Waals surface area (Å²) in [6.45, 7) is 3.10. The molecular weight excluding hydrogens is 216 g/mol. The van der Waals surface area contributed by atoms with Crippen LogP contribution in [0, 0.1) is 0 Å². The van der Waals surface area contributed by atoms with Crippen molar-refractivity contribution in [2.24, 2.45) is 5.73 Å². The molecule has 0 atom stereocenters. The van der Waals surface area contributed by atoms with Gasteiger partial charge in [-0.05, 0) is 39.2 Å². The second kappa shape index (κ2) is 11.6. The molecule has 0 aliphatic heterocycles. The lowest BCUT2D eigenvalue weighted by Gasteiger charge is -2.04. The van der Waals surface area contributed by atoms with Gasteiger partial charge in [0.25, 0.3) is 0 Å². The predicted octanol–water partition coefficient (Wildman–Crippen LogP) is 1.77. The molecule has 4 nitrogen and oxygen atoms in total. The predicted molar refractivity (Wildman–Crippen MR) is 69.7 cm³/mol. The van der Waals surface area contributed by atoms with Gasteiger partial charge in [0, 0.05) is 19.4 Å². The molecule has 0 fully saturated rings. The minimum atomic E-state index is 0.104. The molecule has 0 saturated carbocycles. The number of unbranched alkanes of at least 4 members (excludes halogenated alkanes) is 4. The third-order valence-electron chi connectivity index (χ3n) is 2.64. The van der Waals surface area contributed by atoms with Crippen LogP contribution in [0.4, 0.5) is 0 Å². The lowest BCUT2D eigenvalue weighted by molar-refractivity contribution is -0.121. The Morgan fingerprint density at radius 2 is 1.59 bits per heavy atom. The summed E-state index contributed by atoms with van der Waals surface area (Å²) in [6, 6.07) is 0. The first kappa shape index (κ1) is 16.1. The highest BCUT2D eigenvalue weighted by molar-refractivity contribution is 5.76. The number of nitrogens with two attached hydrogens (primary N) is 1. The van der Waals surface area contributed by atoms with Gasteiger partial charge in [-0.25, -0.2) is 0 Å². The number of amides is 1. The molecule has 0 unspecified atom stereocenters. The Kier molecular flexibility index (Phi) is 11.0. The largest absolute Gasteiger partial charge is 0.356 e. The van der Waals surface area contributed by atoms with E-state index in [1.165, 1.54) is 0 Å². The maximum atomic E-state index is 11.4. The number of Topliss-reactive ketones (excluding diaryl/α,β-unsaturated/α-hetero) is 1. The van der Waals surface area contributed by atoms with E-state index in [1.807, 2.05) is 0 Å². The van der Waals surface area contributed by atoms with Crippen molar-refractivity contribution in [1.29, 1.82) is 0 Å².